The molecule has 4 rings (SSSR count). The molecule has 130 valence electrons. The zero-order chi connectivity index (χ0) is 18.1. The number of aromatic nitrogens is 1. The molecule has 0 saturated carbocycles. The normalized spacial score (nSPS) is 11.0. The zero-order valence-electron chi connectivity index (χ0n) is 14.8. The van der Waals surface area contributed by atoms with Gasteiger partial charge in [0.15, 0.2) is 0 Å². The number of hydrogen-bond donors (Lipinski definition) is 2. The summed E-state index contributed by atoms with van der Waals surface area (Å²) < 4.78 is 5.41. The van der Waals surface area contributed by atoms with Gasteiger partial charge in [-0.15, -0.1) is 0 Å². The van der Waals surface area contributed by atoms with Crippen LogP contribution in [0.25, 0.3) is 21.8 Å². The van der Waals surface area contributed by atoms with E-state index in [1.165, 1.54) is 5.56 Å². The third kappa shape index (κ3) is 2.95. The summed E-state index contributed by atoms with van der Waals surface area (Å²) >= 11 is 0. The van der Waals surface area contributed by atoms with Crippen molar-refractivity contribution in [2.45, 2.75) is 13.5 Å². The lowest BCUT2D eigenvalue weighted by atomic mass is 10.0. The topological polar surface area (TPSA) is 54.4 Å². The first kappa shape index (κ1) is 16.4. The van der Waals surface area contributed by atoms with Gasteiger partial charge in [0, 0.05) is 16.5 Å². The van der Waals surface area contributed by atoms with Gasteiger partial charge in [0.05, 0.1) is 30.4 Å². The van der Waals surface area contributed by atoms with E-state index in [-0.39, 0.29) is 6.61 Å². The van der Waals surface area contributed by atoms with Gasteiger partial charge < -0.3 is 15.2 Å². The molecule has 0 aliphatic rings. The van der Waals surface area contributed by atoms with Gasteiger partial charge in [0.1, 0.15) is 5.75 Å². The number of aryl methyl sites for hydroxylation is 1. The SMILES string of the molecule is COc1ccc2nc3ccc(C)cc3c(Nc3cccc(CO)c3)c2c1. The summed E-state index contributed by atoms with van der Waals surface area (Å²) in [5.41, 5.74) is 5.80. The van der Waals surface area contributed by atoms with Crippen LogP contribution in [0.3, 0.4) is 0 Å². The van der Waals surface area contributed by atoms with Crippen molar-refractivity contribution in [2.75, 3.05) is 12.4 Å². The largest absolute Gasteiger partial charge is 0.497 e. The third-order valence-corrected chi connectivity index (χ3v) is 4.51. The first-order valence-corrected chi connectivity index (χ1v) is 8.53. The van der Waals surface area contributed by atoms with Crippen LogP contribution in [0.15, 0.2) is 60.7 Å². The average molecular weight is 344 g/mol. The number of benzene rings is 3. The molecule has 4 aromatic rings. The third-order valence-electron chi connectivity index (χ3n) is 4.51. The second kappa shape index (κ2) is 6.65. The number of anilines is 2. The average Bonchev–Trinajstić information content (AvgIpc) is 2.68. The van der Waals surface area contributed by atoms with E-state index >= 15 is 0 Å². The van der Waals surface area contributed by atoms with Gasteiger partial charge in [-0.1, -0.05) is 23.8 Å². The van der Waals surface area contributed by atoms with Gasteiger partial charge >= 0.3 is 0 Å². The Hall–Kier alpha value is -3.11. The Kier molecular flexibility index (Phi) is 4.19. The molecule has 1 heterocycles. The zero-order valence-corrected chi connectivity index (χ0v) is 14.8. The number of nitrogens with zero attached hydrogens (tertiary/aromatic N) is 1. The Balaban J connectivity index is 1.99. The van der Waals surface area contributed by atoms with Crippen molar-refractivity contribution in [1.29, 1.82) is 0 Å². The molecule has 0 bridgehead atoms. The van der Waals surface area contributed by atoms with E-state index in [4.69, 9.17) is 9.72 Å². The molecule has 1 aromatic heterocycles. The minimum atomic E-state index is 0.0142. The van der Waals surface area contributed by atoms with Crippen LogP contribution in [0.1, 0.15) is 11.1 Å². The Morgan fingerprint density at radius 2 is 1.73 bits per heavy atom. The number of hydrogen-bond acceptors (Lipinski definition) is 4. The number of pyridine rings is 1. The molecule has 0 radical (unpaired) electrons. The molecule has 4 nitrogen and oxygen atoms in total. The minimum Gasteiger partial charge on any atom is -0.497 e. The highest BCUT2D eigenvalue weighted by molar-refractivity contribution is 6.09. The van der Waals surface area contributed by atoms with E-state index in [9.17, 15) is 5.11 Å². The molecular formula is C22H20N2O2. The van der Waals surface area contributed by atoms with Crippen molar-refractivity contribution < 1.29 is 9.84 Å². The van der Waals surface area contributed by atoms with E-state index in [0.29, 0.717) is 0 Å². The van der Waals surface area contributed by atoms with Gasteiger partial charge in [-0.05, 0) is 55.0 Å². The van der Waals surface area contributed by atoms with Crippen LogP contribution in [-0.2, 0) is 6.61 Å². The summed E-state index contributed by atoms with van der Waals surface area (Å²) in [6.07, 6.45) is 0. The molecule has 3 aromatic carbocycles. The van der Waals surface area contributed by atoms with E-state index in [0.717, 1.165) is 44.5 Å². The molecule has 0 aliphatic carbocycles. The van der Waals surface area contributed by atoms with Crippen molar-refractivity contribution in [2.24, 2.45) is 0 Å². The summed E-state index contributed by atoms with van der Waals surface area (Å²) in [7, 11) is 1.66. The van der Waals surface area contributed by atoms with Gasteiger partial charge in [0.2, 0.25) is 0 Å². The molecule has 0 unspecified atom stereocenters. The predicted octanol–water partition coefficient (Wildman–Crippen LogP) is 4.94. The lowest BCUT2D eigenvalue weighted by Crippen LogP contribution is -1.97. The van der Waals surface area contributed by atoms with Crippen LogP contribution in [0.2, 0.25) is 0 Å². The first-order valence-electron chi connectivity index (χ1n) is 8.53. The second-order valence-electron chi connectivity index (χ2n) is 6.37. The number of aliphatic hydroxyl groups is 1. The van der Waals surface area contributed by atoms with Gasteiger partial charge in [-0.3, -0.25) is 0 Å². The van der Waals surface area contributed by atoms with Crippen LogP contribution in [-0.4, -0.2) is 17.2 Å². The monoisotopic (exact) mass is 344 g/mol. The lowest BCUT2D eigenvalue weighted by Gasteiger charge is -2.15. The maximum atomic E-state index is 9.42. The Morgan fingerprint density at radius 1 is 0.962 bits per heavy atom. The fourth-order valence-electron chi connectivity index (χ4n) is 3.19. The summed E-state index contributed by atoms with van der Waals surface area (Å²) in [5, 5.41) is 15.0. The standard InChI is InChI=1S/C22H20N2O2/c1-14-6-8-20-18(10-14)22(23-16-5-3-4-15(11-16)13-25)19-12-17(26-2)7-9-21(19)24-20/h3-12,25H,13H2,1-2H3,(H,23,24). The molecule has 26 heavy (non-hydrogen) atoms. The number of nitrogens with one attached hydrogen (secondary N) is 1. The molecular weight excluding hydrogens is 324 g/mol. The van der Waals surface area contributed by atoms with E-state index in [1.54, 1.807) is 7.11 Å². The smallest absolute Gasteiger partial charge is 0.119 e. The fourth-order valence-corrected chi connectivity index (χ4v) is 3.19. The second-order valence-corrected chi connectivity index (χ2v) is 6.37. The molecule has 0 saturated heterocycles. The van der Waals surface area contributed by atoms with Gasteiger partial charge in [0.25, 0.3) is 0 Å². The van der Waals surface area contributed by atoms with Crippen molar-refractivity contribution in [1.82, 2.24) is 4.98 Å². The molecule has 0 atom stereocenters. The molecule has 0 fully saturated rings. The lowest BCUT2D eigenvalue weighted by molar-refractivity contribution is 0.282. The molecule has 4 heteroatoms. The van der Waals surface area contributed by atoms with E-state index < -0.39 is 0 Å². The van der Waals surface area contributed by atoms with E-state index in [1.807, 2.05) is 48.5 Å². The number of rotatable bonds is 4. The minimum absolute atomic E-state index is 0.0142. The maximum Gasteiger partial charge on any atom is 0.119 e. The van der Waals surface area contributed by atoms with Crippen LogP contribution in [0, 0.1) is 6.92 Å². The number of fused-ring (bicyclic) bond motifs is 2. The van der Waals surface area contributed by atoms with Crippen LogP contribution < -0.4 is 10.1 Å². The molecule has 0 amide bonds. The Bertz CT molecular complexity index is 1110. The highest BCUT2D eigenvalue weighted by atomic mass is 16.5. The molecule has 0 spiro atoms. The summed E-state index contributed by atoms with van der Waals surface area (Å²) in [4.78, 5) is 4.79. The highest BCUT2D eigenvalue weighted by Crippen LogP contribution is 2.35. The van der Waals surface area contributed by atoms with Crippen LogP contribution in [0.5, 0.6) is 5.75 Å². The van der Waals surface area contributed by atoms with Crippen LogP contribution >= 0.6 is 0 Å². The highest BCUT2D eigenvalue weighted by Gasteiger charge is 2.11. The van der Waals surface area contributed by atoms with Gasteiger partial charge in [-0.25, -0.2) is 4.98 Å². The molecule has 0 aliphatic heterocycles. The number of methoxy groups -OCH3 is 1. The van der Waals surface area contributed by atoms with Crippen molar-refractivity contribution in [3.63, 3.8) is 0 Å². The Morgan fingerprint density at radius 3 is 2.50 bits per heavy atom. The summed E-state index contributed by atoms with van der Waals surface area (Å²) in [6, 6.07) is 19.9. The fraction of sp³-hybridized carbons (Fsp3) is 0.136. The molecule has 2 N–H and O–H groups in total. The number of aliphatic hydroxyl groups excluding tert-OH is 1. The van der Waals surface area contributed by atoms with E-state index in [2.05, 4.69) is 24.4 Å². The van der Waals surface area contributed by atoms with Crippen molar-refractivity contribution in [3.05, 3.63) is 71.8 Å². The Labute approximate surface area is 152 Å². The van der Waals surface area contributed by atoms with Crippen molar-refractivity contribution >= 4 is 33.2 Å². The van der Waals surface area contributed by atoms with Crippen LogP contribution in [0.4, 0.5) is 11.4 Å². The number of ether oxygens (including phenoxy) is 1. The maximum absolute atomic E-state index is 9.42. The first-order chi connectivity index (χ1) is 12.7. The van der Waals surface area contributed by atoms with Gasteiger partial charge in [-0.2, -0.15) is 0 Å². The van der Waals surface area contributed by atoms with Crippen molar-refractivity contribution in [3.8, 4) is 5.75 Å². The predicted molar refractivity (Wildman–Crippen MR) is 106 cm³/mol. The quantitative estimate of drug-likeness (QED) is 0.515. The summed E-state index contributed by atoms with van der Waals surface area (Å²) in [6.45, 7) is 2.09. The summed E-state index contributed by atoms with van der Waals surface area (Å²) in [5.74, 6) is 0.790.